The summed E-state index contributed by atoms with van der Waals surface area (Å²) in [6.45, 7) is 2.58. The topological polar surface area (TPSA) is 69.9 Å². The number of amides is 1. The first-order chi connectivity index (χ1) is 11.0. The molecule has 1 amide bonds. The van der Waals surface area contributed by atoms with Gasteiger partial charge >= 0.3 is 12.1 Å². The second-order valence-corrected chi connectivity index (χ2v) is 6.06. The summed E-state index contributed by atoms with van der Waals surface area (Å²) < 4.78 is 12.4. The van der Waals surface area contributed by atoms with Crippen molar-refractivity contribution >= 4 is 28.7 Å². The largest absolute Gasteiger partial charge is 0.469 e. The summed E-state index contributed by atoms with van der Waals surface area (Å²) in [6, 6.07) is 7.89. The minimum atomic E-state index is -0.716. The second-order valence-electron chi connectivity index (χ2n) is 6.06. The van der Waals surface area contributed by atoms with Crippen LogP contribution in [0.3, 0.4) is 0 Å². The lowest BCUT2D eigenvalue weighted by atomic mass is 9.88. The molecule has 118 valence electrons. The van der Waals surface area contributed by atoms with Crippen molar-refractivity contribution in [1.29, 1.82) is 0 Å². The molecule has 0 fully saturated rings. The smallest absolute Gasteiger partial charge is 0.434 e. The number of methoxy groups -OCH3 is 1. The highest BCUT2D eigenvalue weighted by atomic mass is 16.6. The molecule has 0 saturated carbocycles. The van der Waals surface area contributed by atoms with Crippen LogP contribution in [0.1, 0.15) is 24.6 Å². The Morgan fingerprint density at radius 2 is 2.22 bits per heavy atom. The first-order valence-electron chi connectivity index (χ1n) is 7.53. The molecule has 6 nitrogen and oxygen atoms in total. The predicted octanol–water partition coefficient (Wildman–Crippen LogP) is 2.46. The SMILES string of the molecule is COC(=O)Cc1c2n(c3ccccc13)CCC1(C)OC(=O)N=C21. The van der Waals surface area contributed by atoms with E-state index >= 15 is 0 Å². The maximum Gasteiger partial charge on any atom is 0.434 e. The van der Waals surface area contributed by atoms with Gasteiger partial charge in [-0.1, -0.05) is 18.2 Å². The fraction of sp³-hybridized carbons (Fsp3) is 0.353. The molecular weight excluding hydrogens is 296 g/mol. The number of carbonyl (C=O) groups is 2. The zero-order valence-corrected chi connectivity index (χ0v) is 13.0. The highest BCUT2D eigenvalue weighted by Crippen LogP contribution is 2.39. The fourth-order valence-corrected chi connectivity index (χ4v) is 3.54. The Morgan fingerprint density at radius 1 is 1.43 bits per heavy atom. The fourth-order valence-electron chi connectivity index (χ4n) is 3.54. The molecule has 3 heterocycles. The van der Waals surface area contributed by atoms with Crippen molar-refractivity contribution in [2.45, 2.75) is 31.9 Å². The Hall–Kier alpha value is -2.63. The molecule has 2 aliphatic heterocycles. The molecule has 0 aliphatic carbocycles. The number of carbonyl (C=O) groups excluding carboxylic acids is 2. The van der Waals surface area contributed by atoms with Crippen molar-refractivity contribution in [1.82, 2.24) is 4.57 Å². The third-order valence-corrected chi connectivity index (χ3v) is 4.68. The van der Waals surface area contributed by atoms with E-state index in [0.717, 1.165) is 22.2 Å². The van der Waals surface area contributed by atoms with E-state index in [0.29, 0.717) is 18.7 Å². The van der Waals surface area contributed by atoms with E-state index in [1.165, 1.54) is 7.11 Å². The van der Waals surface area contributed by atoms with Gasteiger partial charge in [0.2, 0.25) is 0 Å². The number of para-hydroxylation sites is 1. The molecule has 1 unspecified atom stereocenters. The number of hydrogen-bond acceptors (Lipinski definition) is 4. The number of hydrogen-bond donors (Lipinski definition) is 0. The van der Waals surface area contributed by atoms with Crippen LogP contribution in [0.2, 0.25) is 0 Å². The van der Waals surface area contributed by atoms with Crippen LogP contribution in [-0.2, 0) is 27.2 Å². The predicted molar refractivity (Wildman–Crippen MR) is 83.7 cm³/mol. The molecule has 0 radical (unpaired) electrons. The third kappa shape index (κ3) is 1.91. The highest BCUT2D eigenvalue weighted by Gasteiger charge is 2.47. The number of aryl methyl sites for hydroxylation is 1. The molecule has 0 N–H and O–H groups in total. The number of esters is 1. The Kier molecular flexibility index (Phi) is 2.85. The van der Waals surface area contributed by atoms with Gasteiger partial charge < -0.3 is 14.0 Å². The van der Waals surface area contributed by atoms with Gasteiger partial charge in [-0.3, -0.25) is 4.79 Å². The summed E-state index contributed by atoms with van der Waals surface area (Å²) in [5, 5.41) is 0.985. The Bertz CT molecular complexity index is 880. The summed E-state index contributed by atoms with van der Waals surface area (Å²) in [4.78, 5) is 27.7. The highest BCUT2D eigenvalue weighted by molar-refractivity contribution is 6.17. The maximum absolute atomic E-state index is 11.9. The van der Waals surface area contributed by atoms with E-state index in [-0.39, 0.29) is 12.4 Å². The van der Waals surface area contributed by atoms with Gasteiger partial charge in [-0.2, -0.15) is 4.99 Å². The van der Waals surface area contributed by atoms with Gasteiger partial charge in [-0.05, 0) is 18.6 Å². The normalized spacial score (nSPS) is 22.3. The number of rotatable bonds is 2. The van der Waals surface area contributed by atoms with Gasteiger partial charge in [0.05, 0.1) is 19.2 Å². The van der Waals surface area contributed by atoms with Crippen LogP contribution < -0.4 is 0 Å². The maximum atomic E-state index is 11.9. The van der Waals surface area contributed by atoms with Crippen LogP contribution in [0.4, 0.5) is 4.79 Å². The van der Waals surface area contributed by atoms with Crippen molar-refractivity contribution in [2.75, 3.05) is 7.11 Å². The van der Waals surface area contributed by atoms with Crippen LogP contribution in [-0.4, -0.2) is 35.1 Å². The Morgan fingerprint density at radius 3 is 3.00 bits per heavy atom. The van der Waals surface area contributed by atoms with Gasteiger partial charge in [0.1, 0.15) is 5.71 Å². The van der Waals surface area contributed by atoms with Gasteiger partial charge in [-0.25, -0.2) is 4.79 Å². The van der Waals surface area contributed by atoms with E-state index < -0.39 is 11.7 Å². The minimum absolute atomic E-state index is 0.142. The standard InChI is InChI=1S/C17H16N2O4/c1-17-7-8-19-12-6-4-3-5-10(12)11(9-13(20)22-2)14(19)15(17)18-16(21)23-17/h3-6H,7-9H2,1-2H3. The summed E-state index contributed by atoms with van der Waals surface area (Å²) >= 11 is 0. The molecule has 1 atom stereocenters. The number of aromatic nitrogens is 1. The number of aliphatic imine (C=N–C) groups is 1. The quantitative estimate of drug-likeness (QED) is 0.799. The second kappa shape index (κ2) is 4.68. The van der Waals surface area contributed by atoms with Gasteiger partial charge in [0.25, 0.3) is 0 Å². The zero-order valence-electron chi connectivity index (χ0n) is 13.0. The molecule has 0 bridgehead atoms. The van der Waals surface area contributed by atoms with Crippen molar-refractivity contribution in [3.05, 3.63) is 35.5 Å². The lowest BCUT2D eigenvalue weighted by molar-refractivity contribution is -0.139. The summed E-state index contributed by atoms with van der Waals surface area (Å²) in [7, 11) is 1.37. The van der Waals surface area contributed by atoms with Crippen LogP contribution in [0.15, 0.2) is 29.3 Å². The molecule has 23 heavy (non-hydrogen) atoms. The van der Waals surface area contributed by atoms with Crippen LogP contribution in [0, 0.1) is 0 Å². The molecule has 1 aromatic heterocycles. The van der Waals surface area contributed by atoms with E-state index in [1.54, 1.807) is 0 Å². The van der Waals surface area contributed by atoms with E-state index in [2.05, 4.69) is 9.56 Å². The average Bonchev–Trinajstić information content (AvgIpc) is 3.01. The molecule has 0 saturated heterocycles. The van der Waals surface area contributed by atoms with Crippen LogP contribution >= 0.6 is 0 Å². The van der Waals surface area contributed by atoms with Gasteiger partial charge in [-0.15, -0.1) is 0 Å². The Balaban J connectivity index is 2.01. The molecular formula is C17H16N2O4. The molecule has 4 rings (SSSR count). The van der Waals surface area contributed by atoms with E-state index in [4.69, 9.17) is 9.47 Å². The van der Waals surface area contributed by atoms with Gasteiger partial charge in [0.15, 0.2) is 5.60 Å². The molecule has 6 heteroatoms. The number of fused-ring (bicyclic) bond motifs is 5. The van der Waals surface area contributed by atoms with E-state index in [9.17, 15) is 9.59 Å². The average molecular weight is 312 g/mol. The first kappa shape index (κ1) is 14.0. The van der Waals surface area contributed by atoms with Crippen LogP contribution in [0.25, 0.3) is 10.9 Å². The van der Waals surface area contributed by atoms with Crippen molar-refractivity contribution in [2.24, 2.45) is 4.99 Å². The van der Waals surface area contributed by atoms with Crippen molar-refractivity contribution in [3.8, 4) is 0 Å². The molecule has 0 spiro atoms. The van der Waals surface area contributed by atoms with E-state index in [1.807, 2.05) is 31.2 Å². The third-order valence-electron chi connectivity index (χ3n) is 4.68. The van der Waals surface area contributed by atoms with Gasteiger partial charge in [0, 0.05) is 23.9 Å². The monoisotopic (exact) mass is 312 g/mol. The lowest BCUT2D eigenvalue weighted by Crippen LogP contribution is -2.42. The van der Waals surface area contributed by atoms with Crippen LogP contribution in [0.5, 0.6) is 0 Å². The zero-order chi connectivity index (χ0) is 16.2. The van der Waals surface area contributed by atoms with Crippen molar-refractivity contribution < 1.29 is 19.1 Å². The Labute approximate surface area is 132 Å². The molecule has 1 aromatic carbocycles. The summed E-state index contributed by atoms with van der Waals surface area (Å²) in [5.41, 5.74) is 2.59. The number of nitrogens with zero attached hydrogens (tertiary/aromatic N) is 2. The first-order valence-corrected chi connectivity index (χ1v) is 7.53. The number of ether oxygens (including phenoxy) is 2. The summed E-state index contributed by atoms with van der Waals surface area (Å²) in [5.74, 6) is -0.317. The summed E-state index contributed by atoms with van der Waals surface area (Å²) in [6.07, 6.45) is 0.244. The number of benzene rings is 1. The molecule has 2 aliphatic rings. The lowest BCUT2D eigenvalue weighted by Gasteiger charge is -2.31. The minimum Gasteiger partial charge on any atom is -0.469 e. The molecule has 2 aromatic rings. The van der Waals surface area contributed by atoms with Crippen molar-refractivity contribution in [3.63, 3.8) is 0 Å².